The van der Waals surface area contributed by atoms with Crippen LogP contribution in [0, 0.1) is 5.41 Å². The highest BCUT2D eigenvalue weighted by atomic mass is 16.5. The summed E-state index contributed by atoms with van der Waals surface area (Å²) >= 11 is 0. The Balaban J connectivity index is 1.57. The van der Waals surface area contributed by atoms with Gasteiger partial charge in [-0.1, -0.05) is 24.6 Å². The molecule has 122 valence electrons. The average Bonchev–Trinajstić information content (AvgIpc) is 2.47. The number of ether oxygens (including phenoxy) is 2. The maximum Gasteiger partial charge on any atom is 0.123 e. The van der Waals surface area contributed by atoms with Crippen LogP contribution in [-0.4, -0.2) is 37.1 Å². The molecular weight excluding hydrogens is 278 g/mol. The lowest BCUT2D eigenvalue weighted by Gasteiger charge is -2.61. The Bertz CT molecular complexity index is 487. The zero-order valence-electron chi connectivity index (χ0n) is 13.4. The molecule has 2 aliphatic rings. The largest absolute Gasteiger partial charge is 0.491 e. The van der Waals surface area contributed by atoms with Crippen molar-refractivity contribution in [2.45, 2.75) is 51.3 Å². The van der Waals surface area contributed by atoms with E-state index in [2.05, 4.69) is 18.3 Å². The molecular formula is C18H27NO3. The Hall–Kier alpha value is -1.10. The molecule has 2 atom stereocenters. The van der Waals surface area contributed by atoms with E-state index in [0.29, 0.717) is 24.2 Å². The van der Waals surface area contributed by atoms with Gasteiger partial charge in [0, 0.05) is 30.2 Å². The molecule has 2 aliphatic carbocycles. The van der Waals surface area contributed by atoms with Crippen LogP contribution in [0.3, 0.4) is 0 Å². The van der Waals surface area contributed by atoms with Crippen LogP contribution < -0.4 is 10.1 Å². The summed E-state index contributed by atoms with van der Waals surface area (Å²) in [4.78, 5) is 0. The molecule has 0 aromatic heterocycles. The first-order chi connectivity index (χ1) is 10.8. The summed E-state index contributed by atoms with van der Waals surface area (Å²) in [6.07, 6.45) is 5.48. The van der Waals surface area contributed by atoms with Crippen LogP contribution in [0.2, 0.25) is 0 Å². The molecule has 0 heterocycles. The van der Waals surface area contributed by atoms with Crippen LogP contribution >= 0.6 is 0 Å². The van der Waals surface area contributed by atoms with Gasteiger partial charge >= 0.3 is 0 Å². The van der Waals surface area contributed by atoms with E-state index in [1.165, 1.54) is 19.3 Å². The molecule has 4 nitrogen and oxygen atoms in total. The molecule has 2 N–H and O–H groups in total. The van der Waals surface area contributed by atoms with Crippen molar-refractivity contribution in [2.24, 2.45) is 5.41 Å². The number of hydrogen-bond acceptors (Lipinski definition) is 4. The van der Waals surface area contributed by atoms with E-state index in [-0.39, 0.29) is 6.61 Å². The van der Waals surface area contributed by atoms with Gasteiger partial charge in [-0.25, -0.2) is 0 Å². The highest BCUT2D eigenvalue weighted by Gasteiger charge is 2.58. The SMILES string of the molecule is CCOC1CC(NCc2ccccc2OCCO)C12CCC2. The van der Waals surface area contributed by atoms with Gasteiger partial charge in [-0.15, -0.1) is 0 Å². The van der Waals surface area contributed by atoms with Gasteiger partial charge in [0.15, 0.2) is 0 Å². The third-order valence-electron chi connectivity index (χ3n) is 5.30. The second-order valence-corrected chi connectivity index (χ2v) is 6.38. The number of benzene rings is 1. The van der Waals surface area contributed by atoms with E-state index < -0.39 is 0 Å². The van der Waals surface area contributed by atoms with Crippen molar-refractivity contribution in [2.75, 3.05) is 19.8 Å². The second kappa shape index (κ2) is 6.99. The lowest BCUT2D eigenvalue weighted by Crippen LogP contribution is -2.66. The van der Waals surface area contributed by atoms with Gasteiger partial charge in [0.1, 0.15) is 12.4 Å². The topological polar surface area (TPSA) is 50.7 Å². The molecule has 0 bridgehead atoms. The zero-order chi connectivity index (χ0) is 15.4. The van der Waals surface area contributed by atoms with Crippen molar-refractivity contribution in [1.82, 2.24) is 5.32 Å². The molecule has 22 heavy (non-hydrogen) atoms. The number of rotatable bonds is 8. The lowest BCUT2D eigenvalue weighted by molar-refractivity contribution is -0.173. The van der Waals surface area contributed by atoms with Crippen molar-refractivity contribution >= 4 is 0 Å². The fourth-order valence-corrected chi connectivity index (χ4v) is 3.90. The van der Waals surface area contributed by atoms with Crippen LogP contribution in [0.4, 0.5) is 0 Å². The number of aliphatic hydroxyl groups excluding tert-OH is 1. The molecule has 2 saturated carbocycles. The quantitative estimate of drug-likeness (QED) is 0.775. The van der Waals surface area contributed by atoms with Crippen molar-refractivity contribution in [3.63, 3.8) is 0 Å². The maximum atomic E-state index is 8.92. The molecule has 3 rings (SSSR count). The van der Waals surface area contributed by atoms with Gasteiger partial charge in [0.2, 0.25) is 0 Å². The fraction of sp³-hybridized carbons (Fsp3) is 0.667. The molecule has 1 aromatic rings. The average molecular weight is 305 g/mol. The monoisotopic (exact) mass is 305 g/mol. The Labute approximate surface area is 132 Å². The first kappa shape index (κ1) is 15.8. The summed E-state index contributed by atoms with van der Waals surface area (Å²) in [5.74, 6) is 0.868. The molecule has 1 spiro atoms. The Morgan fingerprint density at radius 3 is 2.82 bits per heavy atom. The van der Waals surface area contributed by atoms with Gasteiger partial charge in [0.25, 0.3) is 0 Å². The second-order valence-electron chi connectivity index (χ2n) is 6.38. The van der Waals surface area contributed by atoms with E-state index in [9.17, 15) is 0 Å². The third kappa shape index (κ3) is 2.87. The number of hydrogen-bond donors (Lipinski definition) is 2. The van der Waals surface area contributed by atoms with E-state index in [0.717, 1.165) is 30.9 Å². The Morgan fingerprint density at radius 2 is 2.14 bits per heavy atom. The van der Waals surface area contributed by atoms with E-state index >= 15 is 0 Å². The van der Waals surface area contributed by atoms with Crippen LogP contribution in [0.5, 0.6) is 5.75 Å². The molecule has 0 radical (unpaired) electrons. The number of nitrogens with one attached hydrogen (secondary N) is 1. The molecule has 0 saturated heterocycles. The zero-order valence-corrected chi connectivity index (χ0v) is 13.4. The number of para-hydroxylation sites is 1. The van der Waals surface area contributed by atoms with E-state index in [4.69, 9.17) is 14.6 Å². The minimum Gasteiger partial charge on any atom is -0.491 e. The third-order valence-corrected chi connectivity index (χ3v) is 5.30. The van der Waals surface area contributed by atoms with Gasteiger partial charge in [0.05, 0.1) is 12.7 Å². The van der Waals surface area contributed by atoms with Gasteiger partial charge in [-0.05, 0) is 32.3 Å². The number of aliphatic hydroxyl groups is 1. The molecule has 1 aromatic carbocycles. The van der Waals surface area contributed by atoms with Crippen molar-refractivity contribution in [3.8, 4) is 5.75 Å². The Kier molecular flexibility index (Phi) is 5.01. The molecule has 0 amide bonds. The standard InChI is InChI=1S/C18H27NO3/c1-2-21-17-12-16(18(17)8-5-9-18)19-13-14-6-3-4-7-15(14)22-11-10-20/h3-4,6-7,16-17,19-20H,2,5,8-13H2,1H3. The minimum atomic E-state index is 0.0452. The van der Waals surface area contributed by atoms with Crippen molar-refractivity contribution in [3.05, 3.63) is 29.8 Å². The normalized spacial score (nSPS) is 25.5. The maximum absolute atomic E-state index is 8.92. The highest BCUT2D eigenvalue weighted by molar-refractivity contribution is 5.33. The van der Waals surface area contributed by atoms with Gasteiger partial charge in [-0.2, -0.15) is 0 Å². The molecule has 2 fully saturated rings. The smallest absolute Gasteiger partial charge is 0.123 e. The van der Waals surface area contributed by atoms with Crippen molar-refractivity contribution in [1.29, 1.82) is 0 Å². The lowest BCUT2D eigenvalue weighted by atomic mass is 9.51. The molecule has 0 aliphatic heterocycles. The molecule has 4 heteroatoms. The first-order valence-corrected chi connectivity index (χ1v) is 8.46. The van der Waals surface area contributed by atoms with Crippen LogP contribution in [-0.2, 0) is 11.3 Å². The van der Waals surface area contributed by atoms with Crippen molar-refractivity contribution < 1.29 is 14.6 Å². The van der Waals surface area contributed by atoms with Crippen LogP contribution in [0.1, 0.15) is 38.2 Å². The summed E-state index contributed by atoms with van der Waals surface area (Å²) < 4.78 is 11.5. The molecule has 2 unspecified atom stereocenters. The summed E-state index contributed by atoms with van der Waals surface area (Å²) in [5, 5.41) is 12.6. The van der Waals surface area contributed by atoms with E-state index in [1.54, 1.807) is 0 Å². The van der Waals surface area contributed by atoms with Crippen LogP contribution in [0.25, 0.3) is 0 Å². The Morgan fingerprint density at radius 1 is 1.32 bits per heavy atom. The fourth-order valence-electron chi connectivity index (χ4n) is 3.90. The van der Waals surface area contributed by atoms with E-state index in [1.807, 2.05) is 18.2 Å². The van der Waals surface area contributed by atoms with Gasteiger partial charge in [-0.3, -0.25) is 0 Å². The summed E-state index contributed by atoms with van der Waals surface area (Å²) in [7, 11) is 0. The summed E-state index contributed by atoms with van der Waals surface area (Å²) in [6, 6.07) is 8.62. The van der Waals surface area contributed by atoms with Gasteiger partial charge < -0.3 is 19.9 Å². The highest BCUT2D eigenvalue weighted by Crippen LogP contribution is 2.57. The minimum absolute atomic E-state index is 0.0452. The predicted octanol–water partition coefficient (Wildman–Crippen LogP) is 2.50. The summed E-state index contributed by atoms with van der Waals surface area (Å²) in [5.41, 5.74) is 1.54. The predicted molar refractivity (Wildman–Crippen MR) is 86.0 cm³/mol. The van der Waals surface area contributed by atoms with Crippen LogP contribution in [0.15, 0.2) is 24.3 Å². The summed E-state index contributed by atoms with van der Waals surface area (Å²) in [6.45, 7) is 4.10. The first-order valence-electron chi connectivity index (χ1n) is 8.46.